The van der Waals surface area contributed by atoms with Gasteiger partial charge in [0.2, 0.25) is 0 Å². The van der Waals surface area contributed by atoms with E-state index in [0.29, 0.717) is 16.6 Å². The first-order chi connectivity index (χ1) is 6.75. The van der Waals surface area contributed by atoms with Crippen molar-refractivity contribution in [2.24, 2.45) is 0 Å². The molecule has 0 saturated carbocycles. The minimum Gasteiger partial charge on any atom is -0.428 e. The highest BCUT2D eigenvalue weighted by molar-refractivity contribution is 7.11. The lowest BCUT2D eigenvalue weighted by molar-refractivity contribution is 0.475. The van der Waals surface area contributed by atoms with Crippen molar-refractivity contribution in [1.82, 2.24) is 10.2 Å². The Morgan fingerprint density at radius 3 is 3.00 bits per heavy atom. The van der Waals surface area contributed by atoms with Crippen LogP contribution in [0, 0.1) is 6.92 Å². The number of nitrogens with zero attached hydrogens (tertiary/aromatic N) is 2. The molecule has 0 aliphatic heterocycles. The van der Waals surface area contributed by atoms with Crippen molar-refractivity contribution >= 4 is 17.0 Å². The fourth-order valence-electron chi connectivity index (χ4n) is 1.03. The quantitative estimate of drug-likeness (QED) is 0.767. The van der Waals surface area contributed by atoms with Crippen molar-refractivity contribution in [2.45, 2.75) is 6.92 Å². The summed E-state index contributed by atoms with van der Waals surface area (Å²) in [5.74, 6) is 0.627. The van der Waals surface area contributed by atoms with Gasteiger partial charge in [0, 0.05) is 0 Å². The third kappa shape index (κ3) is 1.82. The van der Waals surface area contributed by atoms with Gasteiger partial charge in [0.05, 0.1) is 5.69 Å². The van der Waals surface area contributed by atoms with E-state index in [-0.39, 0.29) is 0 Å². The van der Waals surface area contributed by atoms with Gasteiger partial charge in [-0.1, -0.05) is 22.5 Å². The molecule has 4 nitrogen and oxygen atoms in total. The predicted molar refractivity (Wildman–Crippen MR) is 55.6 cm³/mol. The van der Waals surface area contributed by atoms with E-state index in [1.807, 2.05) is 25.1 Å². The highest BCUT2D eigenvalue weighted by Gasteiger charge is 2.04. The second kappa shape index (κ2) is 3.63. The van der Waals surface area contributed by atoms with Gasteiger partial charge in [-0.25, -0.2) is 0 Å². The molecule has 1 heterocycles. The molecule has 1 aromatic carbocycles. The zero-order valence-electron chi connectivity index (χ0n) is 7.60. The van der Waals surface area contributed by atoms with Gasteiger partial charge in [-0.3, -0.25) is 0 Å². The monoisotopic (exact) mass is 207 g/mol. The normalized spacial score (nSPS) is 10.1. The van der Waals surface area contributed by atoms with Gasteiger partial charge < -0.3 is 10.5 Å². The Morgan fingerprint density at radius 2 is 2.29 bits per heavy atom. The number of hydrogen-bond donors (Lipinski definition) is 1. The van der Waals surface area contributed by atoms with Gasteiger partial charge in [0.25, 0.3) is 5.19 Å². The van der Waals surface area contributed by atoms with Crippen LogP contribution in [0.2, 0.25) is 0 Å². The fourth-order valence-corrected chi connectivity index (χ4v) is 1.45. The maximum Gasteiger partial charge on any atom is 0.299 e. The summed E-state index contributed by atoms with van der Waals surface area (Å²) in [6, 6.07) is 5.62. The van der Waals surface area contributed by atoms with E-state index >= 15 is 0 Å². The smallest absolute Gasteiger partial charge is 0.299 e. The zero-order valence-corrected chi connectivity index (χ0v) is 8.41. The van der Waals surface area contributed by atoms with Gasteiger partial charge in [0.15, 0.2) is 5.75 Å². The number of benzene rings is 1. The van der Waals surface area contributed by atoms with Crippen LogP contribution in [0.25, 0.3) is 0 Å². The number of anilines is 1. The average Bonchev–Trinajstić information content (AvgIpc) is 2.64. The number of aryl methyl sites for hydroxylation is 1. The van der Waals surface area contributed by atoms with Crippen LogP contribution in [0.1, 0.15) is 5.56 Å². The molecular weight excluding hydrogens is 198 g/mol. The molecule has 0 saturated heterocycles. The van der Waals surface area contributed by atoms with Crippen LogP contribution in [-0.2, 0) is 0 Å². The average molecular weight is 207 g/mol. The van der Waals surface area contributed by atoms with Gasteiger partial charge in [-0.05, 0) is 24.6 Å². The molecule has 72 valence electrons. The maximum absolute atomic E-state index is 5.74. The van der Waals surface area contributed by atoms with Crippen molar-refractivity contribution in [2.75, 3.05) is 5.73 Å². The lowest BCUT2D eigenvalue weighted by Crippen LogP contribution is -1.92. The summed E-state index contributed by atoms with van der Waals surface area (Å²) in [6.45, 7) is 1.98. The number of hydrogen-bond acceptors (Lipinski definition) is 5. The van der Waals surface area contributed by atoms with E-state index in [9.17, 15) is 0 Å². The lowest BCUT2D eigenvalue weighted by atomic mass is 10.2. The molecule has 2 N–H and O–H groups in total. The van der Waals surface area contributed by atoms with E-state index in [0.717, 1.165) is 5.56 Å². The van der Waals surface area contributed by atoms with Crippen molar-refractivity contribution in [3.8, 4) is 10.9 Å². The van der Waals surface area contributed by atoms with Gasteiger partial charge in [-0.15, -0.1) is 5.10 Å². The Hall–Kier alpha value is -1.62. The number of aromatic nitrogens is 2. The molecule has 2 rings (SSSR count). The van der Waals surface area contributed by atoms with Crippen LogP contribution in [0.3, 0.4) is 0 Å². The molecule has 0 amide bonds. The van der Waals surface area contributed by atoms with Crippen molar-refractivity contribution in [1.29, 1.82) is 0 Å². The number of nitrogen functional groups attached to an aromatic ring is 1. The highest BCUT2D eigenvalue weighted by Crippen LogP contribution is 2.28. The summed E-state index contributed by atoms with van der Waals surface area (Å²) in [6.07, 6.45) is 0. The Labute approximate surface area is 85.4 Å². The van der Waals surface area contributed by atoms with Crippen LogP contribution < -0.4 is 10.5 Å². The molecule has 0 atom stereocenters. The summed E-state index contributed by atoms with van der Waals surface area (Å²) in [5.41, 5.74) is 9.05. The second-order valence-corrected chi connectivity index (χ2v) is 3.64. The van der Waals surface area contributed by atoms with E-state index in [1.165, 1.54) is 11.3 Å². The number of ether oxygens (including phenoxy) is 1. The molecule has 0 unspecified atom stereocenters. The molecule has 5 heteroatoms. The first-order valence-electron chi connectivity index (χ1n) is 4.06. The largest absolute Gasteiger partial charge is 0.428 e. The van der Waals surface area contributed by atoms with Crippen molar-refractivity contribution < 1.29 is 4.74 Å². The fraction of sp³-hybridized carbons (Fsp3) is 0.111. The standard InChI is InChI=1S/C9H9N3OS/c1-6-2-3-7(10)8(4-6)13-9-12-11-5-14-9/h2-5H,10H2,1H3. The minimum atomic E-state index is 0.502. The molecular formula is C9H9N3OS. The topological polar surface area (TPSA) is 61.0 Å². The Balaban J connectivity index is 2.28. The Bertz CT molecular complexity index is 428. The van der Waals surface area contributed by atoms with Gasteiger partial charge in [-0.2, -0.15) is 0 Å². The molecule has 0 fully saturated rings. The molecule has 1 aromatic heterocycles. The van der Waals surface area contributed by atoms with E-state index in [2.05, 4.69) is 10.2 Å². The molecule has 14 heavy (non-hydrogen) atoms. The second-order valence-electron chi connectivity index (χ2n) is 2.85. The number of rotatable bonds is 2. The SMILES string of the molecule is Cc1ccc(N)c(Oc2nncs2)c1. The Kier molecular flexibility index (Phi) is 2.32. The van der Waals surface area contributed by atoms with E-state index in [4.69, 9.17) is 10.5 Å². The van der Waals surface area contributed by atoms with E-state index in [1.54, 1.807) is 5.51 Å². The summed E-state index contributed by atoms with van der Waals surface area (Å²) >= 11 is 1.33. The molecule has 0 radical (unpaired) electrons. The molecule has 0 spiro atoms. The van der Waals surface area contributed by atoms with Crippen LogP contribution in [-0.4, -0.2) is 10.2 Å². The molecule has 2 aromatic rings. The van der Waals surface area contributed by atoms with E-state index < -0.39 is 0 Å². The third-order valence-electron chi connectivity index (χ3n) is 1.71. The molecule has 0 aliphatic rings. The summed E-state index contributed by atoms with van der Waals surface area (Å²) < 4.78 is 5.45. The first kappa shape index (κ1) is 8.96. The van der Waals surface area contributed by atoms with Gasteiger partial charge in [0.1, 0.15) is 5.51 Å². The van der Waals surface area contributed by atoms with Crippen molar-refractivity contribution in [3.05, 3.63) is 29.3 Å². The maximum atomic E-state index is 5.74. The first-order valence-corrected chi connectivity index (χ1v) is 4.94. The van der Waals surface area contributed by atoms with Gasteiger partial charge >= 0.3 is 0 Å². The van der Waals surface area contributed by atoms with Crippen LogP contribution in [0.4, 0.5) is 5.69 Å². The third-order valence-corrected chi connectivity index (χ3v) is 2.27. The summed E-state index contributed by atoms with van der Waals surface area (Å²) in [4.78, 5) is 0. The minimum absolute atomic E-state index is 0.502. The predicted octanol–water partition coefficient (Wildman–Crippen LogP) is 2.22. The van der Waals surface area contributed by atoms with Crippen LogP contribution >= 0.6 is 11.3 Å². The summed E-state index contributed by atoms with van der Waals surface area (Å²) in [5, 5.41) is 7.95. The molecule has 0 bridgehead atoms. The number of nitrogens with two attached hydrogens (primary N) is 1. The zero-order chi connectivity index (χ0) is 9.97. The summed E-state index contributed by atoms with van der Waals surface area (Å²) in [7, 11) is 0. The highest BCUT2D eigenvalue weighted by atomic mass is 32.1. The van der Waals surface area contributed by atoms with Crippen LogP contribution in [0.15, 0.2) is 23.7 Å². The molecule has 0 aliphatic carbocycles. The van der Waals surface area contributed by atoms with Crippen molar-refractivity contribution in [3.63, 3.8) is 0 Å². The lowest BCUT2D eigenvalue weighted by Gasteiger charge is -2.05. The Morgan fingerprint density at radius 1 is 1.43 bits per heavy atom. The van der Waals surface area contributed by atoms with Crippen LogP contribution in [0.5, 0.6) is 10.9 Å².